The van der Waals surface area contributed by atoms with Gasteiger partial charge in [-0.3, -0.25) is 4.90 Å². The third-order valence-electron chi connectivity index (χ3n) is 6.35. The Hall–Kier alpha value is -2.73. The molecule has 1 saturated carbocycles. The van der Waals surface area contributed by atoms with Crippen molar-refractivity contribution >= 4 is 5.69 Å². The van der Waals surface area contributed by atoms with Crippen LogP contribution in [0.2, 0.25) is 0 Å². The van der Waals surface area contributed by atoms with E-state index in [1.807, 2.05) is 0 Å². The summed E-state index contributed by atoms with van der Waals surface area (Å²) in [7, 11) is 0. The van der Waals surface area contributed by atoms with Crippen LogP contribution in [0.15, 0.2) is 60.7 Å². The van der Waals surface area contributed by atoms with Crippen LogP contribution >= 0.6 is 0 Å². The molecule has 2 aliphatic rings. The third kappa shape index (κ3) is 3.77. The van der Waals surface area contributed by atoms with Gasteiger partial charge in [-0.25, -0.2) is 4.68 Å². The van der Waals surface area contributed by atoms with E-state index in [1.165, 1.54) is 36.9 Å². The number of para-hydroxylation sites is 1. The summed E-state index contributed by atoms with van der Waals surface area (Å²) in [6, 6.07) is 22.0. The Kier molecular flexibility index (Phi) is 5.26. The first-order valence-electron chi connectivity index (χ1n) is 10.8. The third-order valence-corrected chi connectivity index (χ3v) is 6.35. The second kappa shape index (κ2) is 8.33. The molecule has 0 spiro atoms. The van der Waals surface area contributed by atoms with Gasteiger partial charge in [0.1, 0.15) is 0 Å². The Morgan fingerprint density at radius 3 is 2.14 bits per heavy atom. The summed E-state index contributed by atoms with van der Waals surface area (Å²) in [5.41, 5.74) is 2.58. The number of piperazine rings is 1. The van der Waals surface area contributed by atoms with Gasteiger partial charge in [0.25, 0.3) is 0 Å². The fourth-order valence-electron chi connectivity index (χ4n) is 4.83. The second-order valence-corrected chi connectivity index (χ2v) is 8.09. The van der Waals surface area contributed by atoms with Gasteiger partial charge in [0.15, 0.2) is 5.82 Å². The number of tetrazole rings is 1. The molecular formula is C23H28N6. The molecule has 0 amide bonds. The molecule has 2 aromatic carbocycles. The van der Waals surface area contributed by atoms with E-state index >= 15 is 0 Å². The molecule has 5 rings (SSSR count). The highest BCUT2D eigenvalue weighted by Gasteiger charge is 2.32. The fraction of sp³-hybridized carbons (Fsp3) is 0.435. The highest BCUT2D eigenvalue weighted by Crippen LogP contribution is 2.34. The normalized spacial score (nSPS) is 19.5. The first kappa shape index (κ1) is 18.3. The van der Waals surface area contributed by atoms with Crippen molar-refractivity contribution in [3.05, 3.63) is 72.1 Å². The standard InChI is InChI=1S/C23H28N6/c1-3-9-19(10-4-1)22(23-24-25-26-29(23)21-13-7-8-14-21)28-17-15-27(16-18-28)20-11-5-2-6-12-20/h1-6,9-12,21-22H,7-8,13-18H2/t22-/m1/s1. The first-order valence-corrected chi connectivity index (χ1v) is 10.8. The predicted molar refractivity (Wildman–Crippen MR) is 114 cm³/mol. The first-order chi connectivity index (χ1) is 14.4. The molecule has 2 heterocycles. The summed E-state index contributed by atoms with van der Waals surface area (Å²) in [6.45, 7) is 4.01. The van der Waals surface area contributed by atoms with Gasteiger partial charge in [-0.05, 0) is 41.0 Å². The van der Waals surface area contributed by atoms with E-state index in [4.69, 9.17) is 0 Å². The van der Waals surface area contributed by atoms with E-state index in [0.717, 1.165) is 32.0 Å². The molecule has 0 radical (unpaired) electrons. The Morgan fingerprint density at radius 2 is 1.45 bits per heavy atom. The van der Waals surface area contributed by atoms with Crippen molar-refractivity contribution < 1.29 is 0 Å². The zero-order chi connectivity index (χ0) is 19.5. The minimum Gasteiger partial charge on any atom is -0.369 e. The molecule has 1 saturated heterocycles. The van der Waals surface area contributed by atoms with Crippen LogP contribution in [0.5, 0.6) is 0 Å². The minimum absolute atomic E-state index is 0.102. The van der Waals surface area contributed by atoms with Crippen molar-refractivity contribution in [3.63, 3.8) is 0 Å². The van der Waals surface area contributed by atoms with Gasteiger partial charge < -0.3 is 4.90 Å². The van der Waals surface area contributed by atoms with E-state index in [9.17, 15) is 0 Å². The highest BCUT2D eigenvalue weighted by atomic mass is 15.6. The average Bonchev–Trinajstić information content (AvgIpc) is 3.48. The topological polar surface area (TPSA) is 50.1 Å². The van der Waals surface area contributed by atoms with E-state index in [2.05, 4.69) is 90.7 Å². The van der Waals surface area contributed by atoms with Crippen LogP contribution in [0.1, 0.15) is 49.2 Å². The van der Waals surface area contributed by atoms with E-state index in [0.29, 0.717) is 6.04 Å². The van der Waals surface area contributed by atoms with Gasteiger partial charge in [-0.2, -0.15) is 0 Å². The molecule has 1 aliphatic heterocycles. The van der Waals surface area contributed by atoms with Crippen molar-refractivity contribution in [1.29, 1.82) is 0 Å². The summed E-state index contributed by atoms with van der Waals surface area (Å²) in [4.78, 5) is 5.02. The molecule has 29 heavy (non-hydrogen) atoms. The van der Waals surface area contributed by atoms with Crippen LogP contribution < -0.4 is 4.90 Å². The van der Waals surface area contributed by atoms with E-state index in [1.54, 1.807) is 0 Å². The Bertz CT molecular complexity index is 895. The Labute approximate surface area is 172 Å². The maximum absolute atomic E-state index is 4.54. The van der Waals surface area contributed by atoms with Crippen LogP contribution in [0.4, 0.5) is 5.69 Å². The maximum Gasteiger partial charge on any atom is 0.173 e. The fourth-order valence-corrected chi connectivity index (χ4v) is 4.83. The van der Waals surface area contributed by atoms with Gasteiger partial charge in [-0.1, -0.05) is 61.4 Å². The molecule has 6 nitrogen and oxygen atoms in total. The lowest BCUT2D eigenvalue weighted by Gasteiger charge is -2.40. The molecule has 1 aromatic heterocycles. The lowest BCUT2D eigenvalue weighted by molar-refractivity contribution is 0.197. The smallest absolute Gasteiger partial charge is 0.173 e. The molecular weight excluding hydrogens is 360 g/mol. The SMILES string of the molecule is c1ccc([C@H](c2nnnn2C2CCCC2)N2CCN(c3ccccc3)CC2)cc1. The lowest BCUT2D eigenvalue weighted by atomic mass is 10.0. The Morgan fingerprint density at radius 1 is 0.793 bits per heavy atom. The van der Waals surface area contributed by atoms with Crippen molar-refractivity contribution in [2.45, 2.75) is 37.8 Å². The van der Waals surface area contributed by atoms with Gasteiger partial charge in [-0.15, -0.1) is 5.10 Å². The van der Waals surface area contributed by atoms with Crippen LogP contribution in [0, 0.1) is 0 Å². The lowest BCUT2D eigenvalue weighted by Crippen LogP contribution is -2.48. The monoisotopic (exact) mass is 388 g/mol. The number of aromatic nitrogens is 4. The number of hydrogen-bond donors (Lipinski definition) is 0. The van der Waals surface area contributed by atoms with Crippen molar-refractivity contribution in [3.8, 4) is 0 Å². The quantitative estimate of drug-likeness (QED) is 0.667. The van der Waals surface area contributed by atoms with Gasteiger partial charge in [0.2, 0.25) is 0 Å². The van der Waals surface area contributed by atoms with Gasteiger partial charge >= 0.3 is 0 Å². The summed E-state index contributed by atoms with van der Waals surface area (Å²) >= 11 is 0. The predicted octanol–water partition coefficient (Wildman–Crippen LogP) is 3.70. The number of benzene rings is 2. The van der Waals surface area contributed by atoms with Crippen LogP contribution in [-0.4, -0.2) is 51.3 Å². The number of hydrogen-bond acceptors (Lipinski definition) is 5. The van der Waals surface area contributed by atoms with Crippen LogP contribution in [0.25, 0.3) is 0 Å². The largest absolute Gasteiger partial charge is 0.369 e. The highest BCUT2D eigenvalue weighted by molar-refractivity contribution is 5.46. The number of nitrogens with zero attached hydrogens (tertiary/aromatic N) is 6. The van der Waals surface area contributed by atoms with Crippen molar-refractivity contribution in [2.75, 3.05) is 31.1 Å². The molecule has 6 heteroatoms. The Balaban J connectivity index is 1.42. The van der Waals surface area contributed by atoms with Crippen LogP contribution in [0.3, 0.4) is 0 Å². The van der Waals surface area contributed by atoms with Gasteiger partial charge in [0, 0.05) is 31.9 Å². The molecule has 0 unspecified atom stereocenters. The number of anilines is 1. The van der Waals surface area contributed by atoms with Crippen molar-refractivity contribution in [2.24, 2.45) is 0 Å². The zero-order valence-corrected chi connectivity index (χ0v) is 16.8. The van der Waals surface area contributed by atoms with Gasteiger partial charge in [0.05, 0.1) is 12.1 Å². The average molecular weight is 389 g/mol. The molecule has 0 bridgehead atoms. The zero-order valence-electron chi connectivity index (χ0n) is 16.8. The summed E-state index contributed by atoms with van der Waals surface area (Å²) < 4.78 is 2.12. The maximum atomic E-state index is 4.54. The summed E-state index contributed by atoms with van der Waals surface area (Å²) in [5, 5.41) is 13.1. The van der Waals surface area contributed by atoms with E-state index < -0.39 is 0 Å². The molecule has 1 aliphatic carbocycles. The second-order valence-electron chi connectivity index (χ2n) is 8.09. The number of rotatable bonds is 5. The molecule has 150 valence electrons. The molecule has 0 N–H and O–H groups in total. The van der Waals surface area contributed by atoms with E-state index in [-0.39, 0.29) is 6.04 Å². The van der Waals surface area contributed by atoms with Crippen molar-refractivity contribution in [1.82, 2.24) is 25.1 Å². The van der Waals surface area contributed by atoms with Crippen LogP contribution in [-0.2, 0) is 0 Å². The molecule has 2 fully saturated rings. The summed E-state index contributed by atoms with van der Waals surface area (Å²) in [5.74, 6) is 0.997. The molecule has 3 aromatic rings. The summed E-state index contributed by atoms with van der Waals surface area (Å²) in [6.07, 6.45) is 4.91. The molecule has 1 atom stereocenters. The minimum atomic E-state index is 0.102.